The molecule has 18 heavy (non-hydrogen) atoms. The minimum atomic E-state index is 0.510. The molecule has 2 rings (SSSR count). The van der Waals surface area contributed by atoms with E-state index in [0.717, 1.165) is 24.2 Å². The van der Waals surface area contributed by atoms with Crippen molar-refractivity contribution in [2.24, 2.45) is 0 Å². The highest BCUT2D eigenvalue weighted by atomic mass is 35.5. The van der Waals surface area contributed by atoms with Crippen molar-refractivity contribution in [3.05, 3.63) is 28.8 Å². The number of hydrogen-bond acceptors (Lipinski definition) is 2. The van der Waals surface area contributed by atoms with Crippen molar-refractivity contribution in [3.63, 3.8) is 0 Å². The first-order valence-electron chi connectivity index (χ1n) is 6.90. The molecule has 0 radical (unpaired) electrons. The zero-order valence-corrected chi connectivity index (χ0v) is 12.3. The molecule has 2 nitrogen and oxygen atoms in total. The maximum Gasteiger partial charge on any atom is 0.0415 e. The van der Waals surface area contributed by atoms with Gasteiger partial charge in [0, 0.05) is 35.9 Å². The number of halogens is 1. The summed E-state index contributed by atoms with van der Waals surface area (Å²) in [5.41, 5.74) is 2.62. The number of hydrogen-bond donors (Lipinski definition) is 1. The largest absolute Gasteiger partial charge is 0.369 e. The van der Waals surface area contributed by atoms with Gasteiger partial charge in [0.1, 0.15) is 0 Å². The molecule has 0 saturated heterocycles. The highest BCUT2D eigenvalue weighted by Crippen LogP contribution is 2.27. The van der Waals surface area contributed by atoms with E-state index in [4.69, 9.17) is 11.6 Å². The Labute approximate surface area is 115 Å². The Morgan fingerprint density at radius 1 is 1.39 bits per heavy atom. The minimum Gasteiger partial charge on any atom is -0.369 e. The highest BCUT2D eigenvalue weighted by Gasteiger charge is 2.21. The summed E-state index contributed by atoms with van der Waals surface area (Å²) in [6.07, 6.45) is 2.63. The molecule has 1 aromatic rings. The monoisotopic (exact) mass is 266 g/mol. The van der Waals surface area contributed by atoms with Crippen molar-refractivity contribution in [1.29, 1.82) is 0 Å². The van der Waals surface area contributed by atoms with E-state index >= 15 is 0 Å². The number of benzene rings is 1. The fourth-order valence-corrected chi connectivity index (χ4v) is 2.53. The molecule has 3 heteroatoms. The van der Waals surface area contributed by atoms with Gasteiger partial charge in [-0.15, -0.1) is 0 Å². The summed E-state index contributed by atoms with van der Waals surface area (Å²) in [7, 11) is 0. The fraction of sp³-hybridized carbons (Fsp3) is 0.600. The third-order valence-corrected chi connectivity index (χ3v) is 3.71. The average molecular weight is 267 g/mol. The van der Waals surface area contributed by atoms with E-state index in [1.165, 1.54) is 24.1 Å². The van der Waals surface area contributed by atoms with Crippen LogP contribution in [0, 0.1) is 0 Å². The van der Waals surface area contributed by atoms with Crippen molar-refractivity contribution in [2.45, 2.75) is 52.2 Å². The van der Waals surface area contributed by atoms with Crippen LogP contribution in [0.2, 0.25) is 5.02 Å². The molecule has 1 saturated carbocycles. The lowest BCUT2D eigenvalue weighted by atomic mass is 10.1. The summed E-state index contributed by atoms with van der Waals surface area (Å²) in [4.78, 5) is 2.42. The van der Waals surface area contributed by atoms with Crippen molar-refractivity contribution >= 4 is 17.3 Å². The first-order valence-corrected chi connectivity index (χ1v) is 7.28. The maximum atomic E-state index is 6.13. The Kier molecular flexibility index (Phi) is 4.52. The van der Waals surface area contributed by atoms with E-state index in [2.05, 4.69) is 43.1 Å². The quantitative estimate of drug-likeness (QED) is 0.842. The summed E-state index contributed by atoms with van der Waals surface area (Å²) in [5, 5.41) is 4.40. The van der Waals surface area contributed by atoms with Crippen LogP contribution in [0.5, 0.6) is 0 Å². The van der Waals surface area contributed by atoms with E-state index in [-0.39, 0.29) is 0 Å². The van der Waals surface area contributed by atoms with Gasteiger partial charge in [-0.05, 0) is 57.4 Å². The number of anilines is 1. The summed E-state index contributed by atoms with van der Waals surface area (Å²) < 4.78 is 0. The molecule has 0 unspecified atom stereocenters. The zero-order chi connectivity index (χ0) is 13.1. The summed E-state index contributed by atoms with van der Waals surface area (Å²) in [5.74, 6) is 0. The molecule has 0 aromatic heterocycles. The van der Waals surface area contributed by atoms with Crippen LogP contribution < -0.4 is 10.2 Å². The first kappa shape index (κ1) is 13.7. The van der Waals surface area contributed by atoms with Crippen molar-refractivity contribution in [2.75, 3.05) is 11.4 Å². The molecule has 1 aliphatic rings. The van der Waals surface area contributed by atoms with Gasteiger partial charge in [0.15, 0.2) is 0 Å². The second kappa shape index (κ2) is 5.94. The van der Waals surface area contributed by atoms with E-state index in [1.807, 2.05) is 6.07 Å². The summed E-state index contributed by atoms with van der Waals surface area (Å²) in [6.45, 7) is 8.61. The Morgan fingerprint density at radius 2 is 2.11 bits per heavy atom. The third-order valence-electron chi connectivity index (χ3n) is 3.47. The van der Waals surface area contributed by atoms with Gasteiger partial charge in [0.2, 0.25) is 0 Å². The van der Waals surface area contributed by atoms with Crippen LogP contribution in [0.15, 0.2) is 18.2 Å². The van der Waals surface area contributed by atoms with Crippen LogP contribution in [-0.2, 0) is 6.54 Å². The van der Waals surface area contributed by atoms with E-state index in [0.29, 0.717) is 6.04 Å². The van der Waals surface area contributed by atoms with Crippen LogP contribution in [0.25, 0.3) is 0 Å². The van der Waals surface area contributed by atoms with Gasteiger partial charge >= 0.3 is 0 Å². The lowest BCUT2D eigenvalue weighted by Crippen LogP contribution is -2.32. The summed E-state index contributed by atoms with van der Waals surface area (Å²) >= 11 is 6.13. The van der Waals surface area contributed by atoms with Gasteiger partial charge in [0.25, 0.3) is 0 Å². The normalized spacial score (nSPS) is 15.2. The Morgan fingerprint density at radius 3 is 2.67 bits per heavy atom. The van der Waals surface area contributed by atoms with Gasteiger partial charge < -0.3 is 10.2 Å². The molecule has 1 aliphatic carbocycles. The number of nitrogens with one attached hydrogen (secondary N) is 1. The van der Waals surface area contributed by atoms with E-state index in [9.17, 15) is 0 Å². The molecule has 1 aromatic carbocycles. The van der Waals surface area contributed by atoms with Crippen molar-refractivity contribution in [1.82, 2.24) is 5.32 Å². The molecule has 0 heterocycles. The van der Waals surface area contributed by atoms with Crippen LogP contribution in [-0.4, -0.2) is 18.6 Å². The highest BCUT2D eigenvalue weighted by molar-refractivity contribution is 6.30. The molecule has 1 fully saturated rings. The van der Waals surface area contributed by atoms with Gasteiger partial charge in [-0.3, -0.25) is 0 Å². The first-order chi connectivity index (χ1) is 8.61. The van der Waals surface area contributed by atoms with Crippen LogP contribution >= 0.6 is 11.6 Å². The van der Waals surface area contributed by atoms with E-state index in [1.54, 1.807) is 0 Å². The molecule has 0 amide bonds. The van der Waals surface area contributed by atoms with Crippen molar-refractivity contribution in [3.8, 4) is 0 Å². The van der Waals surface area contributed by atoms with Gasteiger partial charge in [-0.25, -0.2) is 0 Å². The predicted molar refractivity (Wildman–Crippen MR) is 79.5 cm³/mol. The second-order valence-electron chi connectivity index (χ2n) is 5.31. The number of rotatable bonds is 6. The molecule has 0 atom stereocenters. The third kappa shape index (κ3) is 3.39. The Bertz CT molecular complexity index is 399. The van der Waals surface area contributed by atoms with Crippen LogP contribution in [0.3, 0.4) is 0 Å². The van der Waals surface area contributed by atoms with Gasteiger partial charge in [0.05, 0.1) is 0 Å². The molecule has 1 N–H and O–H groups in total. The van der Waals surface area contributed by atoms with E-state index < -0.39 is 0 Å². The lowest BCUT2D eigenvalue weighted by Gasteiger charge is -2.30. The topological polar surface area (TPSA) is 15.3 Å². The maximum absolute atomic E-state index is 6.13. The average Bonchev–Trinajstić information content (AvgIpc) is 3.13. The van der Waals surface area contributed by atoms with Crippen LogP contribution in [0.1, 0.15) is 39.2 Å². The molecule has 0 spiro atoms. The lowest BCUT2D eigenvalue weighted by molar-refractivity contribution is 0.668. The smallest absolute Gasteiger partial charge is 0.0415 e. The van der Waals surface area contributed by atoms with Gasteiger partial charge in [-0.2, -0.15) is 0 Å². The zero-order valence-electron chi connectivity index (χ0n) is 11.5. The standard InChI is InChI=1S/C15H23ClN2/c1-4-18(11(2)3)15-8-5-13(16)9-12(15)10-17-14-6-7-14/h5,8-9,11,14,17H,4,6-7,10H2,1-3H3. The Hall–Kier alpha value is -0.730. The Balaban J connectivity index is 2.19. The number of nitrogens with zero attached hydrogens (tertiary/aromatic N) is 1. The predicted octanol–water partition coefficient (Wildman–Crippen LogP) is 3.83. The second-order valence-corrected chi connectivity index (χ2v) is 5.74. The van der Waals surface area contributed by atoms with Crippen molar-refractivity contribution < 1.29 is 0 Å². The molecular weight excluding hydrogens is 244 g/mol. The fourth-order valence-electron chi connectivity index (χ4n) is 2.33. The molecular formula is C15H23ClN2. The molecule has 0 aliphatic heterocycles. The SMILES string of the molecule is CCN(c1ccc(Cl)cc1CNC1CC1)C(C)C. The van der Waals surface area contributed by atoms with Crippen LogP contribution in [0.4, 0.5) is 5.69 Å². The molecule has 100 valence electrons. The summed E-state index contributed by atoms with van der Waals surface area (Å²) in [6, 6.07) is 7.47. The minimum absolute atomic E-state index is 0.510. The van der Waals surface area contributed by atoms with Gasteiger partial charge in [-0.1, -0.05) is 11.6 Å². The molecule has 0 bridgehead atoms.